The zero-order valence-electron chi connectivity index (χ0n) is 21.9. The summed E-state index contributed by atoms with van der Waals surface area (Å²) in [4.78, 5) is 65.4. The van der Waals surface area contributed by atoms with Gasteiger partial charge in [0.05, 0.1) is 11.0 Å². The van der Waals surface area contributed by atoms with Gasteiger partial charge in [0.25, 0.3) is 5.91 Å². The van der Waals surface area contributed by atoms with E-state index in [1.165, 1.54) is 9.13 Å². The van der Waals surface area contributed by atoms with Gasteiger partial charge in [-0.25, -0.2) is 9.59 Å². The smallest absolute Gasteiger partial charge is 0.330 e. The number of urea groups is 1. The van der Waals surface area contributed by atoms with E-state index in [-0.39, 0.29) is 30.8 Å². The van der Waals surface area contributed by atoms with Gasteiger partial charge in [-0.05, 0) is 67.1 Å². The van der Waals surface area contributed by atoms with Crippen LogP contribution in [0.1, 0.15) is 35.1 Å². The fourth-order valence-electron chi connectivity index (χ4n) is 6.21. The Kier molecular flexibility index (Phi) is 5.81. The summed E-state index contributed by atoms with van der Waals surface area (Å²) in [6.45, 7) is 4.95. The van der Waals surface area contributed by atoms with Crippen molar-refractivity contribution in [1.29, 1.82) is 0 Å². The molecule has 1 atom stereocenters. The molecule has 5 amide bonds. The van der Waals surface area contributed by atoms with E-state index in [0.717, 1.165) is 35.1 Å². The number of benzene rings is 2. The summed E-state index contributed by atoms with van der Waals surface area (Å²) in [5.74, 6) is -0.833. The molecule has 3 N–H and O–H groups in total. The van der Waals surface area contributed by atoms with Crippen molar-refractivity contribution >= 4 is 40.5 Å². The number of carbonyl (C=O) groups is 4. The predicted octanol–water partition coefficient (Wildman–Crippen LogP) is 1.36. The minimum atomic E-state index is -0.987. The number of aromatic nitrogens is 2. The molecule has 1 aliphatic carbocycles. The molecule has 6 rings (SSSR count). The molecule has 1 unspecified atom stereocenters. The van der Waals surface area contributed by atoms with E-state index in [0.29, 0.717) is 42.7 Å². The van der Waals surface area contributed by atoms with Crippen LogP contribution in [0.3, 0.4) is 0 Å². The Morgan fingerprint density at radius 3 is 2.41 bits per heavy atom. The van der Waals surface area contributed by atoms with Crippen LogP contribution < -0.4 is 21.6 Å². The second-order valence-corrected chi connectivity index (χ2v) is 10.9. The number of aryl methyl sites for hydroxylation is 2. The molecule has 0 saturated carbocycles. The third-order valence-corrected chi connectivity index (χ3v) is 7.99. The van der Waals surface area contributed by atoms with Crippen LogP contribution in [0.4, 0.5) is 10.5 Å². The number of anilines is 1. The van der Waals surface area contributed by atoms with Gasteiger partial charge in [0.2, 0.25) is 11.8 Å². The Labute approximate surface area is 224 Å². The number of imidazole rings is 1. The lowest BCUT2D eigenvalue weighted by Crippen LogP contribution is -2.47. The quantitative estimate of drug-likeness (QED) is 0.428. The van der Waals surface area contributed by atoms with Crippen molar-refractivity contribution < 1.29 is 19.2 Å². The normalized spacial score (nSPS) is 20.0. The molecule has 0 radical (unpaired) electrons. The molecule has 11 heteroatoms. The van der Waals surface area contributed by atoms with E-state index in [9.17, 15) is 24.0 Å². The molecule has 2 aliphatic heterocycles. The number of likely N-dealkylation sites (tertiary alicyclic amines) is 1. The van der Waals surface area contributed by atoms with Crippen molar-refractivity contribution in [3.05, 3.63) is 63.1 Å². The van der Waals surface area contributed by atoms with Gasteiger partial charge in [-0.2, -0.15) is 0 Å². The van der Waals surface area contributed by atoms with Crippen LogP contribution in [0, 0.1) is 13.8 Å². The number of fused-ring (bicyclic) bond motifs is 2. The predicted molar refractivity (Wildman–Crippen MR) is 143 cm³/mol. The highest BCUT2D eigenvalue weighted by atomic mass is 16.2. The first-order valence-corrected chi connectivity index (χ1v) is 13.2. The van der Waals surface area contributed by atoms with Crippen LogP contribution in [0.15, 0.2) is 35.1 Å². The molecule has 3 aromatic rings. The standard InChI is InChI=1S/C28H30N6O5/c1-16-9-17(2)24-21(10-16)33(27(39)34(24)15-23(36)32-7-3-4-8-32)14-22(35)29-20-6-5-18-12-28(13-19(18)11-20)25(37)30-26(38)31-28/h5-6,9-11H,3-4,7-8,12-15H2,1-2H3,(H,29,35)(H2,30,31,37,38). The maximum absolute atomic E-state index is 13.5. The molecule has 1 aromatic heterocycles. The monoisotopic (exact) mass is 530 g/mol. The Balaban J connectivity index is 1.25. The highest BCUT2D eigenvalue weighted by Gasteiger charge is 2.50. The van der Waals surface area contributed by atoms with E-state index in [1.807, 2.05) is 32.0 Å². The van der Waals surface area contributed by atoms with Crippen LogP contribution in [0.5, 0.6) is 0 Å². The summed E-state index contributed by atoms with van der Waals surface area (Å²) in [5, 5.41) is 7.89. The van der Waals surface area contributed by atoms with Gasteiger partial charge in [0.1, 0.15) is 18.6 Å². The molecule has 0 bridgehead atoms. The summed E-state index contributed by atoms with van der Waals surface area (Å²) in [5.41, 5.74) is 4.03. The number of hydrogen-bond acceptors (Lipinski definition) is 5. The zero-order valence-corrected chi connectivity index (χ0v) is 21.9. The van der Waals surface area contributed by atoms with Gasteiger partial charge < -0.3 is 15.5 Å². The van der Waals surface area contributed by atoms with Crippen molar-refractivity contribution in [3.8, 4) is 0 Å². The van der Waals surface area contributed by atoms with Crippen LogP contribution in [0.25, 0.3) is 11.0 Å². The number of nitrogens with zero attached hydrogens (tertiary/aromatic N) is 3. The first-order chi connectivity index (χ1) is 18.6. The average Bonchev–Trinajstić information content (AvgIpc) is 3.63. The Morgan fingerprint density at radius 1 is 0.949 bits per heavy atom. The van der Waals surface area contributed by atoms with E-state index in [1.54, 1.807) is 17.0 Å². The second kappa shape index (κ2) is 9.11. The van der Waals surface area contributed by atoms with E-state index >= 15 is 0 Å². The number of carbonyl (C=O) groups excluding carboxylic acids is 4. The van der Waals surface area contributed by atoms with Gasteiger partial charge in [0.15, 0.2) is 0 Å². The Morgan fingerprint density at radius 2 is 1.69 bits per heavy atom. The van der Waals surface area contributed by atoms with Crippen LogP contribution in [-0.4, -0.2) is 56.4 Å². The number of imide groups is 1. The maximum Gasteiger partial charge on any atom is 0.330 e. The summed E-state index contributed by atoms with van der Waals surface area (Å²) < 4.78 is 2.90. The SMILES string of the molecule is Cc1cc(C)c2c(c1)n(CC(=O)Nc1ccc3c(c1)CC1(C3)NC(=O)NC1=O)c(=O)n2CC(=O)N1CCCC1. The molecule has 2 fully saturated rings. The first-order valence-electron chi connectivity index (χ1n) is 13.2. The van der Waals surface area contributed by atoms with Crippen molar-refractivity contribution in [1.82, 2.24) is 24.7 Å². The number of rotatable bonds is 5. The molecule has 39 heavy (non-hydrogen) atoms. The number of nitrogens with one attached hydrogen (secondary N) is 3. The second-order valence-electron chi connectivity index (χ2n) is 10.9. The van der Waals surface area contributed by atoms with Gasteiger partial charge in [0, 0.05) is 31.6 Å². The molecular formula is C28H30N6O5. The van der Waals surface area contributed by atoms with Crippen LogP contribution in [-0.2, 0) is 40.3 Å². The summed E-state index contributed by atoms with van der Waals surface area (Å²) in [6.07, 6.45) is 2.65. The fraction of sp³-hybridized carbons (Fsp3) is 0.393. The largest absolute Gasteiger partial charge is 0.341 e. The Bertz CT molecular complexity index is 1630. The van der Waals surface area contributed by atoms with Gasteiger partial charge in [-0.1, -0.05) is 12.1 Å². The lowest BCUT2D eigenvalue weighted by Gasteiger charge is -2.18. The summed E-state index contributed by atoms with van der Waals surface area (Å²) in [6, 6.07) is 8.72. The van der Waals surface area contributed by atoms with Crippen molar-refractivity contribution in [3.63, 3.8) is 0 Å². The molecule has 1 spiro atoms. The third kappa shape index (κ3) is 4.27. The van der Waals surface area contributed by atoms with Crippen molar-refractivity contribution in [2.45, 2.75) is 58.2 Å². The molecular weight excluding hydrogens is 500 g/mol. The molecule has 11 nitrogen and oxygen atoms in total. The van der Waals surface area contributed by atoms with Crippen LogP contribution >= 0.6 is 0 Å². The van der Waals surface area contributed by atoms with Crippen LogP contribution in [0.2, 0.25) is 0 Å². The fourth-order valence-corrected chi connectivity index (χ4v) is 6.21. The molecule has 2 saturated heterocycles. The van der Waals surface area contributed by atoms with E-state index in [2.05, 4.69) is 16.0 Å². The zero-order chi connectivity index (χ0) is 27.5. The molecule has 2 aromatic carbocycles. The van der Waals surface area contributed by atoms with Crippen molar-refractivity contribution in [2.24, 2.45) is 0 Å². The maximum atomic E-state index is 13.5. The Hall–Kier alpha value is -4.41. The molecule has 3 aliphatic rings. The minimum absolute atomic E-state index is 0.0649. The topological polar surface area (TPSA) is 135 Å². The van der Waals surface area contributed by atoms with Crippen molar-refractivity contribution in [2.75, 3.05) is 18.4 Å². The van der Waals surface area contributed by atoms with E-state index in [4.69, 9.17) is 0 Å². The van der Waals surface area contributed by atoms with Gasteiger partial charge in [-0.15, -0.1) is 0 Å². The number of hydrogen-bond donors (Lipinski definition) is 3. The lowest BCUT2D eigenvalue weighted by molar-refractivity contribution is -0.130. The van der Waals surface area contributed by atoms with E-state index < -0.39 is 17.3 Å². The average molecular weight is 531 g/mol. The molecule has 3 heterocycles. The first kappa shape index (κ1) is 24.9. The van der Waals surface area contributed by atoms with Gasteiger partial charge in [-0.3, -0.25) is 28.8 Å². The minimum Gasteiger partial charge on any atom is -0.341 e. The number of amides is 5. The van der Waals surface area contributed by atoms with Gasteiger partial charge >= 0.3 is 11.7 Å². The highest BCUT2D eigenvalue weighted by molar-refractivity contribution is 6.08. The summed E-state index contributed by atoms with van der Waals surface area (Å²) >= 11 is 0. The lowest BCUT2D eigenvalue weighted by atomic mass is 9.96. The molecule has 202 valence electrons. The highest BCUT2D eigenvalue weighted by Crippen LogP contribution is 2.34. The third-order valence-electron chi connectivity index (χ3n) is 7.99. The summed E-state index contributed by atoms with van der Waals surface area (Å²) in [7, 11) is 0.